The van der Waals surface area contributed by atoms with Crippen molar-refractivity contribution in [1.29, 1.82) is 0 Å². The van der Waals surface area contributed by atoms with Crippen molar-refractivity contribution in [3.05, 3.63) is 35.9 Å². The molecular formula is C18H22N2O3S. The molecule has 2 fully saturated rings. The van der Waals surface area contributed by atoms with Gasteiger partial charge in [-0.15, -0.1) is 0 Å². The lowest BCUT2D eigenvalue weighted by Crippen LogP contribution is -2.50. The second-order valence-corrected chi connectivity index (χ2v) is 6.65. The molecule has 1 saturated heterocycles. The predicted octanol–water partition coefficient (Wildman–Crippen LogP) is 3.48. The molecular weight excluding hydrogens is 324 g/mol. The summed E-state index contributed by atoms with van der Waals surface area (Å²) in [6, 6.07) is 9.91. The Labute approximate surface area is 147 Å². The van der Waals surface area contributed by atoms with Gasteiger partial charge in [-0.2, -0.15) is 4.90 Å². The molecule has 6 heteroatoms. The number of hydrogen-bond acceptors (Lipinski definition) is 4. The molecule has 2 aliphatic rings. The van der Waals surface area contributed by atoms with Crippen LogP contribution in [0.3, 0.4) is 0 Å². The molecule has 1 saturated carbocycles. The number of hydrogen-bond donors (Lipinski definition) is 0. The van der Waals surface area contributed by atoms with Crippen molar-refractivity contribution >= 4 is 29.3 Å². The number of imide groups is 1. The van der Waals surface area contributed by atoms with Gasteiger partial charge >= 0.3 is 6.09 Å². The van der Waals surface area contributed by atoms with Crippen LogP contribution in [0.5, 0.6) is 0 Å². The third-order valence-corrected chi connectivity index (χ3v) is 5.26. The van der Waals surface area contributed by atoms with E-state index >= 15 is 0 Å². The summed E-state index contributed by atoms with van der Waals surface area (Å²) in [7, 11) is 0. The first-order valence-electron chi connectivity index (χ1n) is 8.47. The van der Waals surface area contributed by atoms with Crippen LogP contribution in [-0.4, -0.2) is 39.1 Å². The molecule has 5 nitrogen and oxygen atoms in total. The van der Waals surface area contributed by atoms with E-state index < -0.39 is 11.6 Å². The van der Waals surface area contributed by atoms with Gasteiger partial charge in [0.1, 0.15) is 5.54 Å². The lowest BCUT2D eigenvalue weighted by atomic mass is 9.80. The van der Waals surface area contributed by atoms with Crippen molar-refractivity contribution in [2.75, 3.05) is 6.61 Å². The highest BCUT2D eigenvalue weighted by molar-refractivity contribution is 7.80. The lowest BCUT2D eigenvalue weighted by Gasteiger charge is -2.39. The first-order valence-corrected chi connectivity index (χ1v) is 8.88. The number of nitrogens with zero attached hydrogens (tertiary/aromatic N) is 2. The highest BCUT2D eigenvalue weighted by atomic mass is 32.1. The minimum atomic E-state index is -0.696. The summed E-state index contributed by atoms with van der Waals surface area (Å²) in [5.74, 6) is -0.221. The van der Waals surface area contributed by atoms with Gasteiger partial charge in [-0.3, -0.25) is 4.79 Å². The Bertz CT molecular complexity index is 641. The van der Waals surface area contributed by atoms with Crippen molar-refractivity contribution in [2.24, 2.45) is 0 Å². The summed E-state index contributed by atoms with van der Waals surface area (Å²) >= 11 is 5.51. The summed E-state index contributed by atoms with van der Waals surface area (Å²) in [6.07, 6.45) is 3.85. The number of thiocarbonyl (C=S) groups is 1. The smallest absolute Gasteiger partial charge is 0.423 e. The zero-order valence-electron chi connectivity index (χ0n) is 13.9. The molecule has 0 radical (unpaired) electrons. The van der Waals surface area contributed by atoms with E-state index in [0.717, 1.165) is 42.6 Å². The number of amides is 2. The van der Waals surface area contributed by atoms with Crippen molar-refractivity contribution in [3.8, 4) is 0 Å². The number of rotatable bonds is 3. The van der Waals surface area contributed by atoms with Crippen LogP contribution in [-0.2, 0) is 16.1 Å². The molecule has 1 heterocycles. The van der Waals surface area contributed by atoms with Crippen molar-refractivity contribution < 1.29 is 14.3 Å². The van der Waals surface area contributed by atoms with E-state index in [4.69, 9.17) is 17.0 Å². The summed E-state index contributed by atoms with van der Waals surface area (Å²) in [5.41, 5.74) is 0.376. The van der Waals surface area contributed by atoms with Crippen molar-refractivity contribution in [1.82, 2.24) is 9.80 Å². The Morgan fingerprint density at radius 1 is 1.21 bits per heavy atom. The molecule has 1 aliphatic carbocycles. The topological polar surface area (TPSA) is 49.9 Å². The fourth-order valence-corrected chi connectivity index (χ4v) is 4.07. The van der Waals surface area contributed by atoms with Gasteiger partial charge in [0.05, 0.1) is 6.61 Å². The largest absolute Gasteiger partial charge is 0.449 e. The number of ether oxygens (including phenoxy) is 1. The zero-order chi connectivity index (χ0) is 17.2. The molecule has 24 heavy (non-hydrogen) atoms. The molecule has 1 aromatic rings. The van der Waals surface area contributed by atoms with E-state index in [1.807, 2.05) is 35.2 Å². The summed E-state index contributed by atoms with van der Waals surface area (Å²) < 4.78 is 5.05. The molecule has 0 atom stereocenters. The average molecular weight is 346 g/mol. The maximum absolute atomic E-state index is 13.1. The number of carbonyl (C=O) groups excluding carboxylic acids is 2. The quantitative estimate of drug-likeness (QED) is 0.784. The van der Waals surface area contributed by atoms with Gasteiger partial charge < -0.3 is 9.64 Å². The summed E-state index contributed by atoms with van der Waals surface area (Å²) in [6.45, 7) is 2.47. The molecule has 0 bridgehead atoms. The fraction of sp³-hybridized carbons (Fsp3) is 0.500. The van der Waals surface area contributed by atoms with Gasteiger partial charge in [0.2, 0.25) is 0 Å². The molecule has 0 aromatic heterocycles. The molecule has 2 amide bonds. The van der Waals surface area contributed by atoms with Crippen LogP contribution in [0.1, 0.15) is 44.6 Å². The highest BCUT2D eigenvalue weighted by Crippen LogP contribution is 2.41. The Morgan fingerprint density at radius 2 is 1.88 bits per heavy atom. The van der Waals surface area contributed by atoms with E-state index in [-0.39, 0.29) is 17.6 Å². The molecule has 1 aromatic carbocycles. The van der Waals surface area contributed by atoms with E-state index in [1.54, 1.807) is 6.92 Å². The minimum absolute atomic E-state index is 0.219. The fourth-order valence-electron chi connectivity index (χ4n) is 3.67. The second-order valence-electron chi connectivity index (χ2n) is 6.29. The minimum Gasteiger partial charge on any atom is -0.449 e. The molecule has 128 valence electrons. The SMILES string of the molecule is CCOC(=O)N1C(=O)C2(CCCCC2)N(Cc2ccccc2)C1=S. The molecule has 0 N–H and O–H groups in total. The van der Waals surface area contributed by atoms with E-state index in [1.165, 1.54) is 0 Å². The second kappa shape index (κ2) is 6.89. The van der Waals surface area contributed by atoms with Crippen LogP contribution >= 0.6 is 12.2 Å². The van der Waals surface area contributed by atoms with Gasteiger partial charge in [-0.25, -0.2) is 4.79 Å². The van der Waals surface area contributed by atoms with E-state index in [2.05, 4.69) is 0 Å². The first kappa shape index (κ1) is 16.9. The first-order chi connectivity index (χ1) is 11.6. The standard InChI is InChI=1S/C18H22N2O3S/c1-2-23-17(22)20-15(21)18(11-7-4-8-12-18)19(16(20)24)13-14-9-5-3-6-10-14/h3,5-6,9-10H,2,4,7-8,11-13H2,1H3. The molecule has 1 spiro atoms. The number of carbonyl (C=O) groups is 2. The lowest BCUT2D eigenvalue weighted by molar-refractivity contribution is -0.133. The predicted molar refractivity (Wildman–Crippen MR) is 94.3 cm³/mol. The third-order valence-electron chi connectivity index (χ3n) is 4.85. The number of benzene rings is 1. The normalized spacial score (nSPS) is 19.9. The van der Waals surface area contributed by atoms with Crippen LogP contribution < -0.4 is 0 Å². The Morgan fingerprint density at radius 3 is 2.50 bits per heavy atom. The average Bonchev–Trinajstić information content (AvgIpc) is 2.78. The Hall–Kier alpha value is -1.95. The molecule has 3 rings (SSSR count). The van der Waals surface area contributed by atoms with Crippen LogP contribution in [0.25, 0.3) is 0 Å². The maximum atomic E-state index is 13.1. The van der Waals surface area contributed by atoms with Crippen LogP contribution in [0.4, 0.5) is 4.79 Å². The van der Waals surface area contributed by atoms with Crippen molar-refractivity contribution in [3.63, 3.8) is 0 Å². The van der Waals surface area contributed by atoms with E-state index in [0.29, 0.717) is 6.54 Å². The van der Waals surface area contributed by atoms with Gasteiger partial charge in [0, 0.05) is 6.54 Å². The van der Waals surface area contributed by atoms with Crippen LogP contribution in [0.15, 0.2) is 30.3 Å². The Balaban J connectivity index is 1.95. The molecule has 0 unspecified atom stereocenters. The maximum Gasteiger partial charge on any atom is 0.423 e. The zero-order valence-corrected chi connectivity index (χ0v) is 14.7. The van der Waals surface area contributed by atoms with Crippen LogP contribution in [0, 0.1) is 0 Å². The third kappa shape index (κ3) is 2.79. The highest BCUT2D eigenvalue weighted by Gasteiger charge is 2.57. The monoisotopic (exact) mass is 346 g/mol. The van der Waals surface area contributed by atoms with E-state index in [9.17, 15) is 9.59 Å². The van der Waals surface area contributed by atoms with Crippen molar-refractivity contribution in [2.45, 2.75) is 51.1 Å². The summed E-state index contributed by atoms with van der Waals surface area (Å²) in [5, 5.41) is 0.268. The summed E-state index contributed by atoms with van der Waals surface area (Å²) in [4.78, 5) is 28.4. The molecule has 1 aliphatic heterocycles. The Kier molecular flexibility index (Phi) is 4.85. The van der Waals surface area contributed by atoms with Gasteiger partial charge in [-0.05, 0) is 37.5 Å². The van der Waals surface area contributed by atoms with Gasteiger partial charge in [-0.1, -0.05) is 49.6 Å². The van der Waals surface area contributed by atoms with Gasteiger partial charge in [0.15, 0.2) is 5.11 Å². The van der Waals surface area contributed by atoms with Crippen LogP contribution in [0.2, 0.25) is 0 Å². The van der Waals surface area contributed by atoms with Gasteiger partial charge in [0.25, 0.3) is 5.91 Å².